The van der Waals surface area contributed by atoms with E-state index in [1.165, 1.54) is 0 Å². The number of carboxylic acids is 4. The van der Waals surface area contributed by atoms with Crippen molar-refractivity contribution in [2.45, 2.75) is 0 Å². The first-order valence-electron chi connectivity index (χ1n) is 5.52. The molecule has 12 N–H and O–H groups in total. The monoisotopic (exact) mass is 387 g/mol. The Bertz CT molecular complexity index is 326. The van der Waals surface area contributed by atoms with Gasteiger partial charge in [0.05, 0.1) is 26.2 Å². The minimum Gasteiger partial charge on any atom is -0.480 e. The second-order valence-electron chi connectivity index (χ2n) is 4.00. The quantitative estimate of drug-likeness (QED) is 0.243. The molecule has 0 aliphatic rings. The van der Waals surface area contributed by atoms with Crippen LogP contribution in [0, 0.1) is 0 Å². The normalized spacial score (nSPS) is 8.56. The molecule has 0 amide bonds. The Morgan fingerprint density at radius 3 is 0.800 bits per heavy atom. The molecule has 0 atom stereocenters. The van der Waals surface area contributed by atoms with E-state index in [9.17, 15) is 19.2 Å². The summed E-state index contributed by atoms with van der Waals surface area (Å²) in [6, 6.07) is 0. The Kier molecular flexibility index (Phi) is 32.2. The number of hydrogen-bond acceptors (Lipinski definition) is 6. The van der Waals surface area contributed by atoms with Crippen LogP contribution in [0.4, 0.5) is 0 Å². The molecule has 0 unspecified atom stereocenters. The van der Waals surface area contributed by atoms with Crippen LogP contribution in [-0.2, 0) is 19.2 Å². The number of hydrogen-bond donors (Lipinski definition) is 4. The van der Waals surface area contributed by atoms with Crippen molar-refractivity contribution in [1.82, 2.24) is 9.80 Å². The Hall–Kier alpha value is -1.36. The predicted molar refractivity (Wildman–Crippen MR) is 83.6 cm³/mol. The third-order valence-corrected chi connectivity index (χ3v) is 2.17. The fraction of sp³-hybridized carbons (Fsp3) is 0.600. The average molecular weight is 387 g/mol. The molecule has 0 saturated carbocycles. The molecule has 0 aromatic rings. The summed E-state index contributed by atoms with van der Waals surface area (Å²) < 4.78 is 0. The first-order chi connectivity index (χ1) is 9.20. The standard InChI is InChI=1S/C10H16N2O8.Na.4H2O/c13-7(14)3-11(4-8(15)16)1-2-12(5-9(17)18)6-10(19)20;;;;;/h1-6H2,(H,13,14)(H,15,16)(H,17,18)(H,19,20);;4*1H2. The Balaban J connectivity index is -0.000000180. The maximum absolute atomic E-state index is 10.6. The molecule has 0 rings (SSSR count). The Labute approximate surface area is 164 Å². The third kappa shape index (κ3) is 25.0. The maximum atomic E-state index is 10.6. The number of nitrogens with zero attached hydrogens (tertiary/aromatic N) is 2. The molecule has 0 bridgehead atoms. The van der Waals surface area contributed by atoms with Crippen LogP contribution in [0.2, 0.25) is 0 Å². The van der Waals surface area contributed by atoms with E-state index in [1.54, 1.807) is 0 Å². The van der Waals surface area contributed by atoms with Crippen molar-refractivity contribution in [3.63, 3.8) is 0 Å². The molecule has 25 heavy (non-hydrogen) atoms. The summed E-state index contributed by atoms with van der Waals surface area (Å²) in [5.41, 5.74) is 0. The summed E-state index contributed by atoms with van der Waals surface area (Å²) >= 11 is 0. The first kappa shape index (κ1) is 38.9. The summed E-state index contributed by atoms with van der Waals surface area (Å²) in [5.74, 6) is -4.91. The first-order valence-corrected chi connectivity index (χ1v) is 5.52. The maximum Gasteiger partial charge on any atom is 0.317 e. The molecule has 15 heteroatoms. The minimum atomic E-state index is -1.23. The molecule has 0 aromatic carbocycles. The van der Waals surface area contributed by atoms with Gasteiger partial charge in [-0.2, -0.15) is 0 Å². The summed E-state index contributed by atoms with van der Waals surface area (Å²) in [5, 5.41) is 34.5. The fourth-order valence-electron chi connectivity index (χ4n) is 1.48. The fourth-order valence-corrected chi connectivity index (χ4v) is 1.48. The van der Waals surface area contributed by atoms with Crippen LogP contribution >= 0.6 is 0 Å². The molecule has 0 aromatic heterocycles. The third-order valence-electron chi connectivity index (χ3n) is 2.17. The van der Waals surface area contributed by atoms with Gasteiger partial charge in [-0.15, -0.1) is 0 Å². The van der Waals surface area contributed by atoms with Gasteiger partial charge in [0.15, 0.2) is 0 Å². The Morgan fingerprint density at radius 2 is 0.680 bits per heavy atom. The summed E-state index contributed by atoms with van der Waals surface area (Å²) in [6.45, 7) is -2.25. The summed E-state index contributed by atoms with van der Waals surface area (Å²) in [7, 11) is 0. The summed E-state index contributed by atoms with van der Waals surface area (Å²) in [4.78, 5) is 44.4. The van der Waals surface area contributed by atoms with Gasteiger partial charge >= 0.3 is 23.9 Å². The SMILES string of the molecule is O.O.O.O.O=C(O)CN(CCN(CC(=O)O)CC(=O)O)CC(=O)O.[Na]. The van der Waals surface area contributed by atoms with Crippen molar-refractivity contribution in [2.75, 3.05) is 39.3 Å². The van der Waals surface area contributed by atoms with Gasteiger partial charge in [0.2, 0.25) is 0 Å². The van der Waals surface area contributed by atoms with E-state index in [-0.39, 0.29) is 64.6 Å². The van der Waals surface area contributed by atoms with Gasteiger partial charge in [-0.1, -0.05) is 0 Å². The molecule has 0 aliphatic heterocycles. The molecular weight excluding hydrogens is 363 g/mol. The van der Waals surface area contributed by atoms with Crippen molar-refractivity contribution >= 4 is 53.4 Å². The van der Waals surface area contributed by atoms with Crippen molar-refractivity contribution in [2.24, 2.45) is 0 Å². The van der Waals surface area contributed by atoms with E-state index in [1.807, 2.05) is 0 Å². The number of carbonyl (C=O) groups is 4. The van der Waals surface area contributed by atoms with Crippen molar-refractivity contribution in [1.29, 1.82) is 0 Å². The molecule has 0 spiro atoms. The number of rotatable bonds is 11. The van der Waals surface area contributed by atoms with E-state index >= 15 is 0 Å². The van der Waals surface area contributed by atoms with Crippen LogP contribution in [0.5, 0.6) is 0 Å². The second kappa shape index (κ2) is 20.7. The molecule has 0 fully saturated rings. The van der Waals surface area contributed by atoms with E-state index < -0.39 is 50.1 Å². The van der Waals surface area contributed by atoms with Gasteiger partial charge < -0.3 is 42.3 Å². The zero-order chi connectivity index (χ0) is 15.7. The largest absolute Gasteiger partial charge is 0.480 e. The minimum absolute atomic E-state index is 0. The van der Waals surface area contributed by atoms with Crippen LogP contribution in [-0.4, -0.2) is 145 Å². The van der Waals surface area contributed by atoms with Crippen LogP contribution in [0.3, 0.4) is 0 Å². The van der Waals surface area contributed by atoms with Crippen LogP contribution < -0.4 is 0 Å². The average Bonchev–Trinajstić information content (AvgIpc) is 2.22. The molecule has 147 valence electrons. The molecule has 0 heterocycles. The van der Waals surface area contributed by atoms with E-state index in [2.05, 4.69) is 0 Å². The van der Waals surface area contributed by atoms with Gasteiger partial charge in [-0.25, -0.2) is 0 Å². The summed E-state index contributed by atoms with van der Waals surface area (Å²) in [6.07, 6.45) is 0. The number of aliphatic carboxylic acids is 4. The molecule has 0 aliphatic carbocycles. The van der Waals surface area contributed by atoms with E-state index in [0.717, 1.165) is 9.80 Å². The van der Waals surface area contributed by atoms with Crippen molar-refractivity contribution in [3.05, 3.63) is 0 Å². The number of carboxylic acid groups (broad SMARTS) is 4. The molecule has 0 saturated heterocycles. The zero-order valence-corrected chi connectivity index (χ0v) is 15.6. The Morgan fingerprint density at radius 1 is 0.520 bits per heavy atom. The van der Waals surface area contributed by atoms with Crippen LogP contribution in [0.1, 0.15) is 0 Å². The zero-order valence-electron chi connectivity index (χ0n) is 13.6. The van der Waals surface area contributed by atoms with E-state index in [4.69, 9.17) is 20.4 Å². The predicted octanol–water partition coefficient (Wildman–Crippen LogP) is -5.75. The van der Waals surface area contributed by atoms with Gasteiger partial charge in [-0.3, -0.25) is 29.0 Å². The molecule has 14 nitrogen and oxygen atoms in total. The van der Waals surface area contributed by atoms with Crippen molar-refractivity contribution in [3.8, 4) is 0 Å². The van der Waals surface area contributed by atoms with Crippen LogP contribution in [0.15, 0.2) is 0 Å². The molecule has 1 radical (unpaired) electrons. The van der Waals surface area contributed by atoms with Gasteiger partial charge in [0.25, 0.3) is 0 Å². The second-order valence-corrected chi connectivity index (χ2v) is 4.00. The topological polar surface area (TPSA) is 282 Å². The smallest absolute Gasteiger partial charge is 0.317 e. The van der Waals surface area contributed by atoms with E-state index in [0.29, 0.717) is 0 Å². The van der Waals surface area contributed by atoms with Gasteiger partial charge in [-0.05, 0) is 0 Å². The van der Waals surface area contributed by atoms with Gasteiger partial charge in [0.1, 0.15) is 0 Å². The van der Waals surface area contributed by atoms with Crippen molar-refractivity contribution < 1.29 is 61.5 Å². The van der Waals surface area contributed by atoms with Crippen LogP contribution in [0.25, 0.3) is 0 Å². The van der Waals surface area contributed by atoms with Gasteiger partial charge in [0, 0.05) is 42.6 Å². The molecular formula is C10H24N2NaO12.